The quantitative estimate of drug-likeness (QED) is 0.939. The molecule has 100 valence electrons. The maximum absolute atomic E-state index is 12.1. The number of anilines is 1. The molecule has 2 rings (SSSR count). The van der Waals surface area contributed by atoms with Crippen molar-refractivity contribution in [2.75, 3.05) is 4.72 Å². The first-order valence-electron chi connectivity index (χ1n) is 5.18. The first-order valence-corrected chi connectivity index (χ1v) is 7.86. The Kier molecular flexibility index (Phi) is 3.96. The Labute approximate surface area is 124 Å². The summed E-state index contributed by atoms with van der Waals surface area (Å²) >= 11 is 6.77. The van der Waals surface area contributed by atoms with Crippen molar-refractivity contribution < 1.29 is 8.42 Å². The monoisotopic (exact) mass is 323 g/mol. The molecule has 0 fully saturated rings. The lowest BCUT2D eigenvalue weighted by Crippen LogP contribution is -2.11. The molecule has 2 aromatic rings. The molecule has 1 aromatic carbocycles. The van der Waals surface area contributed by atoms with E-state index in [1.54, 1.807) is 0 Å². The number of benzene rings is 1. The Morgan fingerprint density at radius 3 is 2.45 bits per heavy atom. The van der Waals surface area contributed by atoms with E-state index < -0.39 is 10.0 Å². The topological polar surface area (TPSA) is 93.8 Å². The molecule has 8 heteroatoms. The lowest BCUT2D eigenvalue weighted by atomic mass is 10.2. The van der Waals surface area contributed by atoms with Crippen LogP contribution in [0.25, 0.3) is 0 Å². The summed E-state index contributed by atoms with van der Waals surface area (Å²) in [4.78, 5) is 0.302. The third kappa shape index (κ3) is 2.91. The van der Waals surface area contributed by atoms with Crippen LogP contribution in [0, 0.1) is 22.7 Å². The fraction of sp³-hybridized carbons (Fsp3) is 0. The van der Waals surface area contributed by atoms with E-state index in [9.17, 15) is 8.42 Å². The van der Waals surface area contributed by atoms with Crippen LogP contribution in [0.4, 0.5) is 5.69 Å². The molecule has 0 radical (unpaired) electrons. The molecule has 0 aliphatic rings. The Balaban J connectivity index is 2.34. The Morgan fingerprint density at radius 2 is 1.90 bits per heavy atom. The molecule has 0 atom stereocenters. The maximum Gasteiger partial charge on any atom is 0.271 e. The molecule has 5 nitrogen and oxygen atoms in total. The molecule has 0 saturated heterocycles. The van der Waals surface area contributed by atoms with Gasteiger partial charge in [-0.3, -0.25) is 4.72 Å². The second-order valence-electron chi connectivity index (χ2n) is 3.64. The molecule has 0 amide bonds. The predicted molar refractivity (Wildman–Crippen MR) is 76.0 cm³/mol. The standard InChI is InChI=1S/C12H6ClN3O2S2/c13-10-5-8(6-14)1-3-11(10)16-20(17,18)12-4-2-9(7-15)19-12/h1-5,16H. The maximum atomic E-state index is 12.1. The van der Waals surface area contributed by atoms with E-state index in [0.29, 0.717) is 10.4 Å². The minimum atomic E-state index is -3.79. The van der Waals surface area contributed by atoms with Crippen LogP contribution >= 0.6 is 22.9 Å². The first-order chi connectivity index (χ1) is 9.46. The molecular weight excluding hydrogens is 318 g/mol. The predicted octanol–water partition coefficient (Wildman–Crippen LogP) is 2.95. The van der Waals surface area contributed by atoms with Crippen LogP contribution in [0.5, 0.6) is 0 Å². The van der Waals surface area contributed by atoms with Gasteiger partial charge in [-0.05, 0) is 30.3 Å². The zero-order valence-electron chi connectivity index (χ0n) is 9.79. The van der Waals surface area contributed by atoms with Gasteiger partial charge in [-0.15, -0.1) is 11.3 Å². The van der Waals surface area contributed by atoms with Crippen molar-refractivity contribution in [2.24, 2.45) is 0 Å². The van der Waals surface area contributed by atoms with Crippen molar-refractivity contribution >= 4 is 38.6 Å². The molecule has 20 heavy (non-hydrogen) atoms. The van der Waals surface area contributed by atoms with Crippen LogP contribution in [0.15, 0.2) is 34.5 Å². The highest BCUT2D eigenvalue weighted by atomic mass is 35.5. The number of nitriles is 2. The highest BCUT2D eigenvalue weighted by Crippen LogP contribution is 2.28. The number of sulfonamides is 1. The molecular formula is C12H6ClN3O2S2. The van der Waals surface area contributed by atoms with E-state index in [2.05, 4.69) is 4.72 Å². The van der Waals surface area contributed by atoms with Gasteiger partial charge in [0, 0.05) is 0 Å². The average molecular weight is 324 g/mol. The van der Waals surface area contributed by atoms with Crippen molar-refractivity contribution in [3.05, 3.63) is 45.8 Å². The van der Waals surface area contributed by atoms with Gasteiger partial charge in [0.2, 0.25) is 0 Å². The van der Waals surface area contributed by atoms with E-state index in [1.807, 2.05) is 12.1 Å². The van der Waals surface area contributed by atoms with Crippen LogP contribution in [0.2, 0.25) is 5.02 Å². The molecule has 0 aliphatic heterocycles. The third-order valence-corrected chi connectivity index (χ3v) is 5.46. The lowest BCUT2D eigenvalue weighted by molar-refractivity contribution is 0.603. The number of nitrogens with one attached hydrogen (secondary N) is 1. The van der Waals surface area contributed by atoms with Gasteiger partial charge in [0.15, 0.2) is 0 Å². The zero-order chi connectivity index (χ0) is 14.8. The van der Waals surface area contributed by atoms with Crippen LogP contribution < -0.4 is 4.72 Å². The fourth-order valence-electron chi connectivity index (χ4n) is 1.39. The average Bonchev–Trinajstić information content (AvgIpc) is 2.90. The smallest absolute Gasteiger partial charge is 0.271 e. The third-order valence-electron chi connectivity index (χ3n) is 2.30. The number of rotatable bonds is 3. The summed E-state index contributed by atoms with van der Waals surface area (Å²) in [6.07, 6.45) is 0. The van der Waals surface area contributed by atoms with Crippen LogP contribution in [0.1, 0.15) is 10.4 Å². The van der Waals surface area contributed by atoms with Gasteiger partial charge in [-0.25, -0.2) is 8.42 Å². The molecule has 0 spiro atoms. The zero-order valence-corrected chi connectivity index (χ0v) is 12.2. The molecule has 0 unspecified atom stereocenters. The van der Waals surface area contributed by atoms with Crippen LogP contribution in [0.3, 0.4) is 0 Å². The summed E-state index contributed by atoms with van der Waals surface area (Å²) in [5.41, 5.74) is 0.512. The minimum Gasteiger partial charge on any atom is -0.277 e. The van der Waals surface area contributed by atoms with Gasteiger partial charge in [-0.1, -0.05) is 11.6 Å². The van der Waals surface area contributed by atoms with Crippen LogP contribution in [-0.4, -0.2) is 8.42 Å². The summed E-state index contributed by atoms with van der Waals surface area (Å²) in [6.45, 7) is 0. The van der Waals surface area contributed by atoms with E-state index in [-0.39, 0.29) is 14.9 Å². The molecule has 1 heterocycles. The van der Waals surface area contributed by atoms with E-state index >= 15 is 0 Å². The first kappa shape index (κ1) is 14.4. The van der Waals surface area contributed by atoms with E-state index in [4.69, 9.17) is 22.1 Å². The molecule has 0 bridgehead atoms. The summed E-state index contributed by atoms with van der Waals surface area (Å²) in [7, 11) is -3.79. The normalized spacial score (nSPS) is 10.6. The van der Waals surface area contributed by atoms with Crippen LogP contribution in [-0.2, 0) is 10.0 Å². The van der Waals surface area contributed by atoms with Gasteiger partial charge in [0.05, 0.1) is 22.3 Å². The lowest BCUT2D eigenvalue weighted by Gasteiger charge is -2.08. The SMILES string of the molecule is N#Cc1ccc(NS(=O)(=O)c2ccc(C#N)s2)c(Cl)c1. The molecule has 0 aliphatic carbocycles. The minimum absolute atomic E-state index is 0.0227. The highest BCUT2D eigenvalue weighted by Gasteiger charge is 2.18. The highest BCUT2D eigenvalue weighted by molar-refractivity contribution is 7.94. The van der Waals surface area contributed by atoms with Crippen molar-refractivity contribution in [2.45, 2.75) is 4.21 Å². The summed E-state index contributed by atoms with van der Waals surface area (Å²) in [5, 5.41) is 17.5. The number of nitrogens with zero attached hydrogens (tertiary/aromatic N) is 2. The molecule has 1 aromatic heterocycles. The summed E-state index contributed by atoms with van der Waals surface area (Å²) < 4.78 is 26.6. The van der Waals surface area contributed by atoms with E-state index in [1.165, 1.54) is 30.3 Å². The van der Waals surface area contributed by atoms with Crippen molar-refractivity contribution in [1.29, 1.82) is 10.5 Å². The molecule has 1 N–H and O–H groups in total. The number of hydrogen-bond donors (Lipinski definition) is 1. The van der Waals surface area contributed by atoms with E-state index in [0.717, 1.165) is 11.3 Å². The van der Waals surface area contributed by atoms with Crippen molar-refractivity contribution in [1.82, 2.24) is 0 Å². The number of hydrogen-bond acceptors (Lipinski definition) is 5. The van der Waals surface area contributed by atoms with Gasteiger partial charge in [0.1, 0.15) is 15.2 Å². The fourth-order valence-corrected chi connectivity index (χ4v) is 3.85. The van der Waals surface area contributed by atoms with Gasteiger partial charge in [-0.2, -0.15) is 10.5 Å². The molecule has 0 saturated carbocycles. The summed E-state index contributed by atoms with van der Waals surface area (Å²) in [6, 6.07) is 10.8. The summed E-state index contributed by atoms with van der Waals surface area (Å²) in [5.74, 6) is 0. The second-order valence-corrected chi connectivity index (χ2v) is 7.04. The van der Waals surface area contributed by atoms with Gasteiger partial charge in [0.25, 0.3) is 10.0 Å². The van der Waals surface area contributed by atoms with Gasteiger partial charge >= 0.3 is 0 Å². The Morgan fingerprint density at radius 1 is 1.15 bits per heavy atom. The second kappa shape index (κ2) is 5.51. The van der Waals surface area contributed by atoms with Crippen molar-refractivity contribution in [3.8, 4) is 12.1 Å². The Hall–Kier alpha value is -2.06. The van der Waals surface area contributed by atoms with Crippen molar-refractivity contribution in [3.63, 3.8) is 0 Å². The Bertz CT molecular complexity index is 844. The largest absolute Gasteiger partial charge is 0.277 e. The number of thiophene rings is 1. The van der Waals surface area contributed by atoms with Gasteiger partial charge < -0.3 is 0 Å². The number of halogens is 1.